The molecule has 1 aliphatic rings. The Bertz CT molecular complexity index is 999. The highest BCUT2D eigenvalue weighted by Gasteiger charge is 2.23. The number of hydrogen-bond donors (Lipinski definition) is 1. The predicted molar refractivity (Wildman–Crippen MR) is 103 cm³/mol. The minimum Gasteiger partial charge on any atom is -0.486 e. The Morgan fingerprint density at radius 3 is 2.93 bits per heavy atom. The van der Waals surface area contributed by atoms with Crippen LogP contribution in [-0.4, -0.2) is 56.1 Å². The van der Waals surface area contributed by atoms with Crippen LogP contribution in [0.15, 0.2) is 36.7 Å². The molecule has 1 atom stereocenters. The molecule has 2 radical (unpaired) electrons. The first-order valence-corrected chi connectivity index (χ1v) is 8.55. The zero-order valence-electron chi connectivity index (χ0n) is 15.1. The van der Waals surface area contributed by atoms with E-state index in [4.69, 9.17) is 17.3 Å². The molecule has 2 aromatic carbocycles. The number of rotatable bonds is 4. The summed E-state index contributed by atoms with van der Waals surface area (Å²) in [6.45, 7) is 1.21. The van der Waals surface area contributed by atoms with Gasteiger partial charge in [0.05, 0.1) is 11.2 Å². The van der Waals surface area contributed by atoms with E-state index >= 15 is 0 Å². The Morgan fingerprint density at radius 1 is 1.26 bits per heavy atom. The number of ether oxygens (including phenoxy) is 2. The van der Waals surface area contributed by atoms with E-state index < -0.39 is 5.82 Å². The Morgan fingerprint density at radius 2 is 2.11 bits per heavy atom. The van der Waals surface area contributed by atoms with Crippen molar-refractivity contribution in [3.8, 4) is 11.5 Å². The summed E-state index contributed by atoms with van der Waals surface area (Å²) in [5.41, 5.74) is 0.986. The van der Waals surface area contributed by atoms with E-state index in [1.165, 1.54) is 12.4 Å². The number of halogens is 1. The van der Waals surface area contributed by atoms with Gasteiger partial charge in [-0.15, -0.1) is 0 Å². The molecule has 0 aliphatic carbocycles. The monoisotopic (exact) mass is 364 g/mol. The fourth-order valence-electron chi connectivity index (χ4n) is 3.04. The highest BCUT2D eigenvalue weighted by Crippen LogP contribution is 2.37. The van der Waals surface area contributed by atoms with Gasteiger partial charge < -0.3 is 19.7 Å². The summed E-state index contributed by atoms with van der Waals surface area (Å²) < 4.78 is 26.1. The Labute approximate surface area is 157 Å². The predicted octanol–water partition coefficient (Wildman–Crippen LogP) is 2.01. The van der Waals surface area contributed by atoms with Gasteiger partial charge in [0.1, 0.15) is 38.5 Å². The molecule has 1 unspecified atom stereocenters. The lowest BCUT2D eigenvalue weighted by atomic mass is 9.95. The fraction of sp³-hybridized carbons (Fsp3) is 0.263. The standard InChI is InChI=1S/C19H18BFN4O2/c1-25(2)8-11-9-26-16-7-15-12(6-17(16)27-11)19(23-10-22-15)24-14-5-3-4-13(20)18(14)21/h3-7,10-11H,8-9H2,1-2H3,(H,22,23,24). The lowest BCUT2D eigenvalue weighted by Gasteiger charge is -2.28. The molecule has 1 aliphatic heterocycles. The third-order valence-corrected chi connectivity index (χ3v) is 4.27. The fourth-order valence-corrected chi connectivity index (χ4v) is 3.04. The van der Waals surface area contributed by atoms with Gasteiger partial charge in [-0.05, 0) is 26.2 Å². The molecule has 6 nitrogen and oxygen atoms in total. The molecule has 0 fully saturated rings. The van der Waals surface area contributed by atoms with Crippen molar-refractivity contribution < 1.29 is 13.9 Å². The van der Waals surface area contributed by atoms with E-state index in [1.807, 2.05) is 25.1 Å². The zero-order valence-corrected chi connectivity index (χ0v) is 15.1. The minimum absolute atomic E-state index is 0.0685. The molecule has 0 bridgehead atoms. The maximum atomic E-state index is 14.3. The number of likely N-dealkylation sites (N-methyl/N-ethyl adjacent to an activating group) is 1. The van der Waals surface area contributed by atoms with Crippen molar-refractivity contribution in [1.29, 1.82) is 0 Å². The van der Waals surface area contributed by atoms with Crippen LogP contribution in [0.4, 0.5) is 15.9 Å². The lowest BCUT2D eigenvalue weighted by molar-refractivity contribution is 0.0713. The number of anilines is 2. The number of fused-ring (bicyclic) bond motifs is 2. The molecule has 3 aromatic rings. The number of hydrogen-bond acceptors (Lipinski definition) is 6. The molecule has 8 heteroatoms. The van der Waals surface area contributed by atoms with Crippen LogP contribution in [0.25, 0.3) is 10.9 Å². The molecule has 1 N–H and O–H groups in total. The van der Waals surface area contributed by atoms with Gasteiger partial charge in [0.2, 0.25) is 0 Å². The van der Waals surface area contributed by atoms with E-state index in [2.05, 4.69) is 15.3 Å². The summed E-state index contributed by atoms with van der Waals surface area (Å²) >= 11 is 0. The number of aromatic nitrogens is 2. The lowest BCUT2D eigenvalue weighted by Crippen LogP contribution is -2.37. The molecule has 136 valence electrons. The van der Waals surface area contributed by atoms with Crippen molar-refractivity contribution in [3.05, 3.63) is 42.5 Å². The third kappa shape index (κ3) is 3.53. The first kappa shape index (κ1) is 17.5. The second kappa shape index (κ2) is 7.04. The Hall–Kier alpha value is -2.87. The van der Waals surface area contributed by atoms with Crippen molar-refractivity contribution in [2.75, 3.05) is 32.6 Å². The van der Waals surface area contributed by atoms with E-state index in [0.29, 0.717) is 34.8 Å². The third-order valence-electron chi connectivity index (χ3n) is 4.27. The Kier molecular flexibility index (Phi) is 4.57. The van der Waals surface area contributed by atoms with E-state index in [1.54, 1.807) is 18.2 Å². The molecule has 0 amide bonds. The van der Waals surface area contributed by atoms with Gasteiger partial charge in [0.15, 0.2) is 11.5 Å². The molecular formula is C19H18BFN4O2. The van der Waals surface area contributed by atoms with Crippen LogP contribution >= 0.6 is 0 Å². The zero-order chi connectivity index (χ0) is 19.0. The SMILES string of the molecule is [B]c1cccc(Nc2ncnc3cc4c(cc23)OC(CN(C)C)CO4)c1F. The maximum Gasteiger partial charge on any atom is 0.163 e. The van der Waals surface area contributed by atoms with Crippen LogP contribution in [0.3, 0.4) is 0 Å². The number of nitrogens with zero attached hydrogens (tertiary/aromatic N) is 3. The van der Waals surface area contributed by atoms with E-state index in [-0.39, 0.29) is 17.3 Å². The molecular weight excluding hydrogens is 346 g/mol. The maximum absolute atomic E-state index is 14.3. The van der Waals surface area contributed by atoms with Gasteiger partial charge in [-0.3, -0.25) is 0 Å². The smallest absolute Gasteiger partial charge is 0.163 e. The quantitative estimate of drug-likeness (QED) is 0.715. The Balaban J connectivity index is 1.71. The van der Waals surface area contributed by atoms with Crippen LogP contribution < -0.4 is 20.3 Å². The molecule has 27 heavy (non-hydrogen) atoms. The second-order valence-electron chi connectivity index (χ2n) is 6.69. The van der Waals surface area contributed by atoms with Crippen molar-refractivity contribution >= 4 is 35.7 Å². The van der Waals surface area contributed by atoms with Crippen molar-refractivity contribution in [3.63, 3.8) is 0 Å². The number of benzene rings is 2. The summed E-state index contributed by atoms with van der Waals surface area (Å²) in [6, 6.07) is 8.41. The number of nitrogens with one attached hydrogen (secondary N) is 1. The largest absolute Gasteiger partial charge is 0.486 e. The highest BCUT2D eigenvalue weighted by molar-refractivity contribution is 6.32. The first-order chi connectivity index (χ1) is 13.0. The molecule has 0 saturated heterocycles. The van der Waals surface area contributed by atoms with Gasteiger partial charge >= 0.3 is 0 Å². The van der Waals surface area contributed by atoms with Crippen molar-refractivity contribution in [2.24, 2.45) is 0 Å². The summed E-state index contributed by atoms with van der Waals surface area (Å²) in [5.74, 6) is 1.20. The first-order valence-electron chi connectivity index (χ1n) is 8.55. The van der Waals surface area contributed by atoms with Crippen LogP contribution in [0, 0.1) is 5.82 Å². The van der Waals surface area contributed by atoms with Gasteiger partial charge in [-0.25, -0.2) is 14.4 Å². The minimum atomic E-state index is -0.521. The van der Waals surface area contributed by atoms with Crippen molar-refractivity contribution in [1.82, 2.24) is 14.9 Å². The topological polar surface area (TPSA) is 59.5 Å². The summed E-state index contributed by atoms with van der Waals surface area (Å²) in [5, 5.41) is 3.70. The summed E-state index contributed by atoms with van der Waals surface area (Å²) in [7, 11) is 9.61. The molecule has 1 aromatic heterocycles. The normalized spacial score (nSPS) is 15.9. The van der Waals surface area contributed by atoms with Gasteiger partial charge in [-0.1, -0.05) is 17.6 Å². The van der Waals surface area contributed by atoms with Gasteiger partial charge in [0.25, 0.3) is 0 Å². The summed E-state index contributed by atoms with van der Waals surface area (Å²) in [4.78, 5) is 10.6. The van der Waals surface area contributed by atoms with Crippen LogP contribution in [0.1, 0.15) is 0 Å². The molecule has 0 saturated carbocycles. The van der Waals surface area contributed by atoms with Crippen LogP contribution in [0.5, 0.6) is 11.5 Å². The van der Waals surface area contributed by atoms with Gasteiger partial charge in [-0.2, -0.15) is 0 Å². The summed E-state index contributed by atoms with van der Waals surface area (Å²) in [6.07, 6.45) is 1.34. The van der Waals surface area contributed by atoms with Gasteiger partial charge in [0, 0.05) is 18.0 Å². The highest BCUT2D eigenvalue weighted by atomic mass is 19.1. The molecule has 4 rings (SSSR count). The second-order valence-corrected chi connectivity index (χ2v) is 6.69. The average molecular weight is 364 g/mol. The van der Waals surface area contributed by atoms with E-state index in [9.17, 15) is 4.39 Å². The molecule has 2 heterocycles. The van der Waals surface area contributed by atoms with Crippen LogP contribution in [-0.2, 0) is 0 Å². The average Bonchev–Trinajstić information content (AvgIpc) is 2.64. The van der Waals surface area contributed by atoms with Crippen LogP contribution in [0.2, 0.25) is 0 Å². The van der Waals surface area contributed by atoms with Crippen molar-refractivity contribution in [2.45, 2.75) is 6.10 Å². The molecule has 0 spiro atoms. The van der Waals surface area contributed by atoms with E-state index in [0.717, 1.165) is 6.54 Å².